The fourth-order valence-corrected chi connectivity index (χ4v) is 2.90. The molecule has 0 aliphatic rings. The van der Waals surface area contributed by atoms with E-state index in [1.807, 2.05) is 19.1 Å². The summed E-state index contributed by atoms with van der Waals surface area (Å²) in [7, 11) is 0. The van der Waals surface area contributed by atoms with Crippen molar-refractivity contribution in [3.05, 3.63) is 73.3 Å². The minimum absolute atomic E-state index is 0.130. The maximum atomic E-state index is 12.4. The zero-order valence-electron chi connectivity index (χ0n) is 14.0. The van der Waals surface area contributed by atoms with Crippen molar-refractivity contribution >= 4 is 29.0 Å². The van der Waals surface area contributed by atoms with Crippen molar-refractivity contribution in [2.45, 2.75) is 20.8 Å². The van der Waals surface area contributed by atoms with E-state index in [2.05, 4.69) is 0 Å². The van der Waals surface area contributed by atoms with E-state index in [4.69, 9.17) is 16.3 Å². The van der Waals surface area contributed by atoms with Gasteiger partial charge >= 0.3 is 5.97 Å². The lowest BCUT2D eigenvalue weighted by atomic mass is 9.97. The predicted molar refractivity (Wildman–Crippen MR) is 93.4 cm³/mol. The van der Waals surface area contributed by atoms with Gasteiger partial charge in [-0.15, -0.1) is 0 Å². The Kier molecular flexibility index (Phi) is 5.54. The van der Waals surface area contributed by atoms with Crippen LogP contribution in [0.2, 0.25) is 5.02 Å². The molecule has 0 heterocycles. The molecule has 7 heteroatoms. The SMILES string of the molecule is Cc1cc(C)c(C(=O)COC(=O)c2ccc(Cl)cc2[N+](=O)[O-])c(C)c1. The highest BCUT2D eigenvalue weighted by Crippen LogP contribution is 2.24. The molecule has 0 bridgehead atoms. The van der Waals surface area contributed by atoms with Gasteiger partial charge < -0.3 is 4.74 Å². The van der Waals surface area contributed by atoms with Crippen LogP contribution >= 0.6 is 11.6 Å². The van der Waals surface area contributed by atoms with Crippen LogP contribution in [0.5, 0.6) is 0 Å². The number of benzene rings is 2. The molecule has 0 saturated carbocycles. The Morgan fingerprint density at radius 3 is 2.28 bits per heavy atom. The van der Waals surface area contributed by atoms with Gasteiger partial charge in [-0.1, -0.05) is 29.3 Å². The summed E-state index contributed by atoms with van der Waals surface area (Å²) in [6.07, 6.45) is 0. The maximum absolute atomic E-state index is 12.4. The molecule has 0 N–H and O–H groups in total. The summed E-state index contributed by atoms with van der Waals surface area (Å²) in [5, 5.41) is 11.2. The number of hydrogen-bond donors (Lipinski definition) is 0. The zero-order chi connectivity index (χ0) is 18.7. The molecule has 25 heavy (non-hydrogen) atoms. The molecule has 0 fully saturated rings. The average Bonchev–Trinajstić information content (AvgIpc) is 2.51. The van der Waals surface area contributed by atoms with E-state index in [1.165, 1.54) is 12.1 Å². The number of aryl methyl sites for hydroxylation is 3. The number of hydrogen-bond acceptors (Lipinski definition) is 5. The van der Waals surface area contributed by atoms with Gasteiger partial charge in [0.1, 0.15) is 5.56 Å². The minimum Gasteiger partial charge on any atom is -0.454 e. The molecule has 0 aliphatic carbocycles. The lowest BCUT2D eigenvalue weighted by molar-refractivity contribution is -0.385. The van der Waals surface area contributed by atoms with Gasteiger partial charge in [-0.3, -0.25) is 14.9 Å². The Balaban J connectivity index is 2.18. The molecular formula is C18H16ClNO5. The van der Waals surface area contributed by atoms with Crippen LogP contribution in [0.1, 0.15) is 37.4 Å². The molecule has 0 aromatic heterocycles. The van der Waals surface area contributed by atoms with Crippen molar-refractivity contribution in [1.82, 2.24) is 0 Å². The van der Waals surface area contributed by atoms with Gasteiger partial charge in [-0.05, 0) is 44.0 Å². The van der Waals surface area contributed by atoms with E-state index in [0.717, 1.165) is 22.8 Å². The number of carbonyl (C=O) groups is 2. The number of halogens is 1. The monoisotopic (exact) mass is 361 g/mol. The Morgan fingerprint density at radius 2 is 1.72 bits per heavy atom. The van der Waals surface area contributed by atoms with E-state index in [9.17, 15) is 19.7 Å². The molecular weight excluding hydrogens is 346 g/mol. The summed E-state index contributed by atoms with van der Waals surface area (Å²) in [6, 6.07) is 7.35. The van der Waals surface area contributed by atoms with Gasteiger partial charge in [0, 0.05) is 16.7 Å². The third-order valence-electron chi connectivity index (χ3n) is 3.67. The second kappa shape index (κ2) is 7.44. The highest BCUT2D eigenvalue weighted by atomic mass is 35.5. The number of nitro benzene ring substituents is 1. The van der Waals surface area contributed by atoms with Crippen molar-refractivity contribution < 1.29 is 19.2 Å². The molecule has 0 saturated heterocycles. The van der Waals surface area contributed by atoms with Crippen LogP contribution in [0, 0.1) is 30.9 Å². The molecule has 0 unspecified atom stereocenters. The number of esters is 1. The highest BCUT2D eigenvalue weighted by molar-refractivity contribution is 6.31. The summed E-state index contributed by atoms with van der Waals surface area (Å²) in [4.78, 5) is 34.8. The van der Waals surface area contributed by atoms with Crippen LogP contribution in [0.25, 0.3) is 0 Å². The Hall–Kier alpha value is -2.73. The highest BCUT2D eigenvalue weighted by Gasteiger charge is 2.23. The summed E-state index contributed by atoms with van der Waals surface area (Å²) in [5.74, 6) is -1.31. The third kappa shape index (κ3) is 4.22. The van der Waals surface area contributed by atoms with Crippen LogP contribution in [-0.4, -0.2) is 23.3 Å². The second-order valence-electron chi connectivity index (χ2n) is 5.69. The molecule has 2 aromatic carbocycles. The summed E-state index contributed by atoms with van der Waals surface area (Å²) in [6.45, 7) is 5.04. The molecule has 2 rings (SSSR count). The standard InChI is InChI=1S/C18H16ClNO5/c1-10-6-11(2)17(12(3)7-10)16(21)9-25-18(22)14-5-4-13(19)8-15(14)20(23)24/h4-8H,9H2,1-3H3. The van der Waals surface area contributed by atoms with Crippen LogP contribution in [0.4, 0.5) is 5.69 Å². The average molecular weight is 362 g/mol. The van der Waals surface area contributed by atoms with Gasteiger partial charge in [0.15, 0.2) is 6.61 Å². The van der Waals surface area contributed by atoms with Crippen molar-refractivity contribution in [2.24, 2.45) is 0 Å². The molecule has 0 spiro atoms. The predicted octanol–water partition coefficient (Wildman–Crippen LogP) is 4.21. The number of Topliss-reactive ketones (excluding diaryl/α,β-unsaturated/α-hetero) is 1. The van der Waals surface area contributed by atoms with Gasteiger partial charge in [-0.25, -0.2) is 4.79 Å². The van der Waals surface area contributed by atoms with Crippen LogP contribution in [0.15, 0.2) is 30.3 Å². The fraction of sp³-hybridized carbons (Fsp3) is 0.222. The van der Waals surface area contributed by atoms with Crippen LogP contribution in [0.3, 0.4) is 0 Å². The molecule has 0 aliphatic heterocycles. The van der Waals surface area contributed by atoms with E-state index in [1.54, 1.807) is 13.8 Å². The molecule has 130 valence electrons. The number of carbonyl (C=O) groups excluding carboxylic acids is 2. The summed E-state index contributed by atoms with van der Waals surface area (Å²) < 4.78 is 4.98. The number of nitrogens with zero attached hydrogens (tertiary/aromatic N) is 1. The summed E-state index contributed by atoms with van der Waals surface area (Å²) in [5.41, 5.74) is 2.38. The Morgan fingerprint density at radius 1 is 1.12 bits per heavy atom. The number of rotatable bonds is 5. The van der Waals surface area contributed by atoms with Crippen molar-refractivity contribution in [1.29, 1.82) is 0 Å². The number of nitro groups is 1. The Labute approximate surface area is 149 Å². The van der Waals surface area contributed by atoms with E-state index >= 15 is 0 Å². The molecule has 0 radical (unpaired) electrons. The Bertz CT molecular complexity index is 853. The summed E-state index contributed by atoms with van der Waals surface area (Å²) >= 11 is 5.71. The van der Waals surface area contributed by atoms with Gasteiger partial charge in [0.05, 0.1) is 4.92 Å². The van der Waals surface area contributed by atoms with Crippen molar-refractivity contribution in [2.75, 3.05) is 6.61 Å². The molecule has 0 amide bonds. The van der Waals surface area contributed by atoms with Crippen molar-refractivity contribution in [3.63, 3.8) is 0 Å². The first-order chi connectivity index (χ1) is 11.7. The van der Waals surface area contributed by atoms with E-state index in [0.29, 0.717) is 5.56 Å². The van der Waals surface area contributed by atoms with Crippen LogP contribution in [-0.2, 0) is 4.74 Å². The first-order valence-corrected chi connectivity index (χ1v) is 7.80. The third-order valence-corrected chi connectivity index (χ3v) is 3.90. The largest absolute Gasteiger partial charge is 0.454 e. The normalized spacial score (nSPS) is 10.4. The topological polar surface area (TPSA) is 86.5 Å². The maximum Gasteiger partial charge on any atom is 0.345 e. The van der Waals surface area contributed by atoms with Crippen molar-refractivity contribution in [3.8, 4) is 0 Å². The zero-order valence-corrected chi connectivity index (χ0v) is 14.7. The first kappa shape index (κ1) is 18.6. The lowest BCUT2D eigenvalue weighted by Gasteiger charge is -2.11. The molecule has 6 nitrogen and oxygen atoms in total. The number of ether oxygens (including phenoxy) is 1. The smallest absolute Gasteiger partial charge is 0.345 e. The first-order valence-electron chi connectivity index (χ1n) is 7.43. The molecule has 0 atom stereocenters. The van der Waals surface area contributed by atoms with Crippen LogP contribution < -0.4 is 0 Å². The lowest BCUT2D eigenvalue weighted by Crippen LogP contribution is -2.17. The number of ketones is 1. The minimum atomic E-state index is -0.945. The van der Waals surface area contributed by atoms with E-state index < -0.39 is 23.2 Å². The quantitative estimate of drug-likeness (QED) is 0.344. The fourth-order valence-electron chi connectivity index (χ4n) is 2.73. The van der Waals surface area contributed by atoms with E-state index in [-0.39, 0.29) is 16.4 Å². The van der Waals surface area contributed by atoms with Gasteiger partial charge in [0.25, 0.3) is 5.69 Å². The van der Waals surface area contributed by atoms with Gasteiger partial charge in [-0.2, -0.15) is 0 Å². The molecule has 2 aromatic rings. The second-order valence-corrected chi connectivity index (χ2v) is 6.13. The van der Waals surface area contributed by atoms with Gasteiger partial charge in [0.2, 0.25) is 5.78 Å².